The highest BCUT2D eigenvalue weighted by molar-refractivity contribution is 6.14. The van der Waals surface area contributed by atoms with E-state index in [0.717, 1.165) is 48.5 Å². The summed E-state index contributed by atoms with van der Waals surface area (Å²) >= 11 is 0. The van der Waals surface area contributed by atoms with Gasteiger partial charge in [-0.25, -0.2) is 8.78 Å². The molecule has 0 N–H and O–H groups in total. The average molecular weight is 484 g/mol. The van der Waals surface area contributed by atoms with E-state index in [0.29, 0.717) is 12.1 Å². The van der Waals surface area contributed by atoms with Gasteiger partial charge in [0.25, 0.3) is 0 Å². The molecule has 1 unspecified atom stereocenters. The van der Waals surface area contributed by atoms with Gasteiger partial charge in [-0.2, -0.15) is 26.3 Å². The Labute approximate surface area is 187 Å². The van der Waals surface area contributed by atoms with Crippen LogP contribution in [0.3, 0.4) is 0 Å². The van der Waals surface area contributed by atoms with E-state index in [4.69, 9.17) is 4.74 Å². The van der Waals surface area contributed by atoms with Crippen LogP contribution in [0.25, 0.3) is 6.08 Å². The number of Topliss-reactive ketones (excluding diaryl/α,β-unsaturated/α-hetero) is 1. The van der Waals surface area contributed by atoms with E-state index in [1.165, 1.54) is 6.08 Å². The van der Waals surface area contributed by atoms with Crippen LogP contribution in [0.1, 0.15) is 38.7 Å². The molecule has 0 aliphatic carbocycles. The Morgan fingerprint density at radius 2 is 1.24 bits per heavy atom. The van der Waals surface area contributed by atoms with Gasteiger partial charge in [-0.1, -0.05) is 24.3 Å². The van der Waals surface area contributed by atoms with Crippen molar-refractivity contribution in [1.82, 2.24) is 0 Å². The maximum Gasteiger partial charge on any atom is 0.416 e. The molecule has 4 rings (SSSR count). The first-order chi connectivity index (χ1) is 15.8. The number of ether oxygens (including phenoxy) is 1. The van der Waals surface area contributed by atoms with Gasteiger partial charge in [0.1, 0.15) is 5.75 Å². The largest absolute Gasteiger partial charge is 0.480 e. The van der Waals surface area contributed by atoms with E-state index in [9.17, 15) is 39.9 Å². The smallest absolute Gasteiger partial charge is 0.416 e. The molecule has 0 fully saturated rings. The molecule has 176 valence electrons. The molecule has 1 heterocycles. The van der Waals surface area contributed by atoms with Crippen molar-refractivity contribution in [3.63, 3.8) is 0 Å². The quantitative estimate of drug-likeness (QED) is 0.280. The maximum atomic E-state index is 13.8. The highest BCUT2D eigenvalue weighted by Crippen LogP contribution is 2.41. The zero-order valence-electron chi connectivity index (χ0n) is 16.8. The van der Waals surface area contributed by atoms with Crippen molar-refractivity contribution < 1.29 is 44.7 Å². The molecule has 1 aliphatic heterocycles. The van der Waals surface area contributed by atoms with E-state index >= 15 is 0 Å². The van der Waals surface area contributed by atoms with Crippen LogP contribution in [-0.2, 0) is 12.4 Å². The van der Waals surface area contributed by atoms with Crippen LogP contribution in [-0.4, -0.2) is 5.78 Å². The SMILES string of the molecule is O=C1/C(=C/c2ccc(C(F)(F)F)cc2)C(c2ccc(C(F)(F)F)cc2)Oc2cc(F)c(F)cc21. The summed E-state index contributed by atoms with van der Waals surface area (Å²) in [6, 6.07) is 8.68. The van der Waals surface area contributed by atoms with Gasteiger partial charge >= 0.3 is 12.4 Å². The van der Waals surface area contributed by atoms with Crippen LogP contribution < -0.4 is 4.74 Å². The molecule has 0 spiro atoms. The molecular formula is C24H12F8O2. The highest BCUT2D eigenvalue weighted by atomic mass is 19.4. The lowest BCUT2D eigenvalue weighted by Gasteiger charge is -2.28. The Hall–Kier alpha value is -3.69. The van der Waals surface area contributed by atoms with E-state index in [1.807, 2.05) is 0 Å². The van der Waals surface area contributed by atoms with Gasteiger partial charge in [-0.05, 0) is 47.5 Å². The van der Waals surface area contributed by atoms with E-state index < -0.39 is 47.0 Å². The van der Waals surface area contributed by atoms with Crippen LogP contribution in [0, 0.1) is 11.6 Å². The molecule has 0 bridgehead atoms. The van der Waals surface area contributed by atoms with Crippen LogP contribution in [0.5, 0.6) is 5.75 Å². The molecule has 0 amide bonds. The number of carbonyl (C=O) groups excluding carboxylic acids is 1. The molecule has 10 heteroatoms. The van der Waals surface area contributed by atoms with Crippen LogP contribution in [0.15, 0.2) is 66.2 Å². The van der Waals surface area contributed by atoms with Gasteiger partial charge in [0.05, 0.1) is 16.7 Å². The summed E-state index contributed by atoms with van der Waals surface area (Å²) in [6.07, 6.45) is -9.34. The predicted octanol–water partition coefficient (Wildman–Crippen LogP) is 7.40. The first-order valence-corrected chi connectivity index (χ1v) is 9.61. The van der Waals surface area contributed by atoms with Crippen molar-refractivity contribution >= 4 is 11.9 Å². The lowest BCUT2D eigenvalue weighted by molar-refractivity contribution is -0.138. The zero-order valence-corrected chi connectivity index (χ0v) is 16.8. The standard InChI is InChI=1S/C24H12F8O2/c25-18-10-16-20(11-19(18)26)34-22(13-3-7-15(8-4-13)24(30,31)32)17(21(16)33)9-12-1-5-14(6-2-12)23(27,28)29/h1-11,22H/b17-9-. The Balaban J connectivity index is 1.82. The summed E-state index contributed by atoms with van der Waals surface area (Å²) in [6.45, 7) is 0. The third-order valence-corrected chi connectivity index (χ3v) is 5.16. The summed E-state index contributed by atoms with van der Waals surface area (Å²) in [4.78, 5) is 13.1. The molecule has 0 saturated carbocycles. The molecule has 0 radical (unpaired) electrons. The molecule has 1 atom stereocenters. The number of fused-ring (bicyclic) bond motifs is 1. The fraction of sp³-hybridized carbons (Fsp3) is 0.125. The lowest BCUT2D eigenvalue weighted by atomic mass is 9.89. The van der Waals surface area contributed by atoms with Crippen LogP contribution in [0.4, 0.5) is 35.1 Å². The van der Waals surface area contributed by atoms with Crippen LogP contribution >= 0.6 is 0 Å². The van der Waals surface area contributed by atoms with E-state index in [1.54, 1.807) is 0 Å². The molecule has 2 nitrogen and oxygen atoms in total. The van der Waals surface area contributed by atoms with Crippen molar-refractivity contribution in [1.29, 1.82) is 0 Å². The number of benzene rings is 3. The second kappa shape index (κ2) is 8.27. The lowest BCUT2D eigenvalue weighted by Crippen LogP contribution is -2.24. The Morgan fingerprint density at radius 1 is 0.735 bits per heavy atom. The van der Waals surface area contributed by atoms with Gasteiger partial charge in [0, 0.05) is 11.6 Å². The highest BCUT2D eigenvalue weighted by Gasteiger charge is 2.36. The van der Waals surface area contributed by atoms with Crippen molar-refractivity contribution in [3.8, 4) is 5.75 Å². The van der Waals surface area contributed by atoms with Gasteiger partial charge < -0.3 is 4.74 Å². The number of halogens is 8. The molecular weight excluding hydrogens is 472 g/mol. The number of hydrogen-bond donors (Lipinski definition) is 0. The van der Waals surface area contributed by atoms with Gasteiger partial charge in [-0.15, -0.1) is 0 Å². The second-order valence-electron chi connectivity index (χ2n) is 7.43. The summed E-state index contributed by atoms with van der Waals surface area (Å²) < 4.78 is 110. The van der Waals surface area contributed by atoms with Crippen molar-refractivity contribution in [2.24, 2.45) is 0 Å². The van der Waals surface area contributed by atoms with E-state index in [2.05, 4.69) is 0 Å². The minimum Gasteiger partial charge on any atom is -0.480 e. The molecule has 0 aromatic heterocycles. The summed E-state index contributed by atoms with van der Waals surface area (Å²) in [5, 5.41) is 0. The van der Waals surface area contributed by atoms with Crippen LogP contribution in [0.2, 0.25) is 0 Å². The maximum absolute atomic E-state index is 13.8. The molecule has 3 aromatic carbocycles. The fourth-order valence-electron chi connectivity index (χ4n) is 3.45. The third-order valence-electron chi connectivity index (χ3n) is 5.16. The summed E-state index contributed by atoms with van der Waals surface area (Å²) in [5.41, 5.74) is -2.15. The molecule has 3 aromatic rings. The molecule has 0 saturated heterocycles. The Kier molecular flexibility index (Phi) is 5.71. The van der Waals surface area contributed by atoms with E-state index in [-0.39, 0.29) is 28.0 Å². The molecule has 1 aliphatic rings. The number of ketones is 1. The fourth-order valence-corrected chi connectivity index (χ4v) is 3.45. The zero-order chi connectivity index (χ0) is 24.8. The number of hydrogen-bond acceptors (Lipinski definition) is 2. The first kappa shape index (κ1) is 23.5. The minimum atomic E-state index is -4.62. The van der Waals surface area contributed by atoms with Gasteiger partial charge in [-0.3, -0.25) is 4.79 Å². The molecule has 34 heavy (non-hydrogen) atoms. The monoisotopic (exact) mass is 484 g/mol. The number of rotatable bonds is 2. The predicted molar refractivity (Wildman–Crippen MR) is 105 cm³/mol. The Morgan fingerprint density at radius 3 is 1.76 bits per heavy atom. The first-order valence-electron chi connectivity index (χ1n) is 9.61. The average Bonchev–Trinajstić information content (AvgIpc) is 2.76. The second-order valence-corrected chi connectivity index (χ2v) is 7.43. The number of carbonyl (C=O) groups is 1. The Bertz CT molecular complexity index is 1270. The third kappa shape index (κ3) is 4.52. The minimum absolute atomic E-state index is 0.0925. The van der Waals surface area contributed by atoms with Crippen molar-refractivity contribution in [3.05, 3.63) is 106 Å². The number of alkyl halides is 6. The van der Waals surface area contributed by atoms with Gasteiger partial charge in [0.2, 0.25) is 0 Å². The van der Waals surface area contributed by atoms with Crippen molar-refractivity contribution in [2.45, 2.75) is 18.5 Å². The van der Waals surface area contributed by atoms with Gasteiger partial charge in [0.15, 0.2) is 23.5 Å². The summed E-state index contributed by atoms with van der Waals surface area (Å²) in [7, 11) is 0. The normalized spacial score (nSPS) is 17.5. The summed E-state index contributed by atoms with van der Waals surface area (Å²) in [5.74, 6) is -3.76. The van der Waals surface area contributed by atoms with Crippen molar-refractivity contribution in [2.75, 3.05) is 0 Å². The topological polar surface area (TPSA) is 26.3 Å².